The third kappa shape index (κ3) is 5.36. The summed E-state index contributed by atoms with van der Waals surface area (Å²) in [4.78, 5) is 24.3. The number of fused-ring (bicyclic) bond motifs is 2. The van der Waals surface area contributed by atoms with Crippen molar-refractivity contribution in [3.05, 3.63) is 104 Å². The molecule has 3 aromatic heterocycles. The van der Waals surface area contributed by atoms with E-state index in [1.54, 1.807) is 12.1 Å². The third-order valence-corrected chi connectivity index (χ3v) is 6.63. The van der Waals surface area contributed by atoms with Gasteiger partial charge in [0.25, 0.3) is 0 Å². The van der Waals surface area contributed by atoms with E-state index in [9.17, 15) is 9.90 Å². The Kier molecular flexibility index (Phi) is 7.12. The number of aromatic amines is 1. The Hall–Kier alpha value is -5.48. The molecule has 1 amide bonds. The zero-order chi connectivity index (χ0) is 28.2. The van der Waals surface area contributed by atoms with Crippen molar-refractivity contribution in [1.29, 1.82) is 0 Å². The minimum atomic E-state index is -0.372. The predicted octanol–water partition coefficient (Wildman–Crippen LogP) is 5.26. The fourth-order valence-electron chi connectivity index (χ4n) is 4.73. The number of hydrogen-bond acceptors (Lipinski definition) is 7. The van der Waals surface area contributed by atoms with Gasteiger partial charge in [-0.2, -0.15) is 5.10 Å². The largest absolute Gasteiger partial charge is 0.489 e. The van der Waals surface area contributed by atoms with E-state index in [1.807, 2.05) is 59.5 Å². The van der Waals surface area contributed by atoms with Gasteiger partial charge in [-0.1, -0.05) is 43.0 Å². The minimum absolute atomic E-state index is 0.0980. The van der Waals surface area contributed by atoms with Crippen LogP contribution in [0.25, 0.3) is 33.1 Å². The van der Waals surface area contributed by atoms with Gasteiger partial charge in [-0.05, 0) is 47.5 Å². The van der Waals surface area contributed by atoms with Crippen molar-refractivity contribution >= 4 is 45.0 Å². The standard InChI is InChI=1S/C31H27N7O3/c1-2-28(40)37-25-15-21(8-11-27(25)41-13-12-39)24-17-32-30-29(24)31(34-19-33-30)36-23-9-10-26-22(14-23)16-35-38(26)18-20-6-4-3-5-7-20/h2-11,14-17,19,39H,1,12-13,18H2,(H,37,40)(H2,32,33,34,36). The van der Waals surface area contributed by atoms with E-state index in [0.717, 1.165) is 33.1 Å². The van der Waals surface area contributed by atoms with Crippen LogP contribution in [0.1, 0.15) is 5.56 Å². The van der Waals surface area contributed by atoms with E-state index < -0.39 is 0 Å². The molecule has 3 aromatic carbocycles. The fraction of sp³-hybridized carbons (Fsp3) is 0.0968. The summed E-state index contributed by atoms with van der Waals surface area (Å²) in [7, 11) is 0. The normalized spacial score (nSPS) is 11.0. The topological polar surface area (TPSA) is 130 Å². The van der Waals surface area contributed by atoms with Crippen LogP contribution >= 0.6 is 0 Å². The Morgan fingerprint density at radius 1 is 1.10 bits per heavy atom. The van der Waals surface area contributed by atoms with Gasteiger partial charge in [0.15, 0.2) is 0 Å². The highest BCUT2D eigenvalue weighted by molar-refractivity contribution is 6.04. The number of rotatable bonds is 10. The third-order valence-electron chi connectivity index (χ3n) is 6.63. The zero-order valence-electron chi connectivity index (χ0n) is 22.0. The van der Waals surface area contributed by atoms with Gasteiger partial charge in [-0.25, -0.2) is 9.97 Å². The highest BCUT2D eigenvalue weighted by Crippen LogP contribution is 2.37. The number of H-pyrrole nitrogens is 1. The van der Waals surface area contributed by atoms with Crippen molar-refractivity contribution in [3.8, 4) is 16.9 Å². The lowest BCUT2D eigenvalue weighted by molar-refractivity contribution is -0.111. The average molecular weight is 546 g/mol. The van der Waals surface area contributed by atoms with Crippen molar-refractivity contribution in [1.82, 2.24) is 24.7 Å². The van der Waals surface area contributed by atoms with Gasteiger partial charge >= 0.3 is 0 Å². The van der Waals surface area contributed by atoms with Crippen molar-refractivity contribution in [2.24, 2.45) is 0 Å². The number of carbonyl (C=O) groups is 1. The number of anilines is 3. The van der Waals surface area contributed by atoms with Gasteiger partial charge in [0.05, 0.1) is 35.9 Å². The van der Waals surface area contributed by atoms with E-state index in [-0.39, 0.29) is 19.1 Å². The van der Waals surface area contributed by atoms with Crippen LogP contribution in [0.2, 0.25) is 0 Å². The van der Waals surface area contributed by atoms with Gasteiger partial charge in [0.1, 0.15) is 30.1 Å². The number of aliphatic hydroxyl groups excluding tert-OH is 1. The Morgan fingerprint density at radius 3 is 2.80 bits per heavy atom. The maximum atomic E-state index is 12.1. The number of nitrogens with one attached hydrogen (secondary N) is 3. The Balaban J connectivity index is 1.33. The smallest absolute Gasteiger partial charge is 0.247 e. The number of hydrogen-bond donors (Lipinski definition) is 4. The number of nitrogens with zero attached hydrogens (tertiary/aromatic N) is 4. The monoisotopic (exact) mass is 545 g/mol. The summed E-state index contributed by atoms with van der Waals surface area (Å²) >= 11 is 0. The van der Waals surface area contributed by atoms with E-state index >= 15 is 0 Å². The lowest BCUT2D eigenvalue weighted by atomic mass is 10.0. The zero-order valence-corrected chi connectivity index (χ0v) is 22.0. The molecule has 6 aromatic rings. The lowest BCUT2D eigenvalue weighted by Crippen LogP contribution is -2.10. The minimum Gasteiger partial charge on any atom is -0.489 e. The van der Waals surface area contributed by atoms with E-state index in [1.165, 1.54) is 18.0 Å². The summed E-state index contributed by atoms with van der Waals surface area (Å²) in [5, 5.41) is 21.8. The molecule has 4 N–H and O–H groups in total. The number of benzene rings is 3. The Bertz CT molecular complexity index is 1860. The van der Waals surface area contributed by atoms with Crippen LogP contribution < -0.4 is 15.4 Å². The summed E-state index contributed by atoms with van der Waals surface area (Å²) in [5.41, 5.74) is 5.84. The van der Waals surface area contributed by atoms with Crippen LogP contribution in [-0.2, 0) is 11.3 Å². The average Bonchev–Trinajstić information content (AvgIpc) is 3.62. The van der Waals surface area contributed by atoms with E-state index in [4.69, 9.17) is 4.74 Å². The molecule has 10 heteroatoms. The van der Waals surface area contributed by atoms with Gasteiger partial charge < -0.3 is 25.5 Å². The number of amides is 1. The first-order valence-corrected chi connectivity index (χ1v) is 13.0. The molecular weight excluding hydrogens is 518 g/mol. The summed E-state index contributed by atoms with van der Waals surface area (Å²) in [6.45, 7) is 4.16. The summed E-state index contributed by atoms with van der Waals surface area (Å²) in [5.74, 6) is 0.691. The van der Waals surface area contributed by atoms with Gasteiger partial charge in [-0.3, -0.25) is 9.48 Å². The molecule has 0 aliphatic carbocycles. The van der Waals surface area contributed by atoms with Crippen LogP contribution in [-0.4, -0.2) is 49.0 Å². The second kappa shape index (κ2) is 11.3. The molecule has 204 valence electrons. The lowest BCUT2D eigenvalue weighted by Gasteiger charge is -2.13. The molecule has 3 heterocycles. The number of ether oxygens (including phenoxy) is 1. The van der Waals surface area contributed by atoms with Crippen molar-refractivity contribution in [2.45, 2.75) is 6.54 Å². The van der Waals surface area contributed by atoms with Crippen molar-refractivity contribution in [3.63, 3.8) is 0 Å². The Morgan fingerprint density at radius 2 is 1.98 bits per heavy atom. The molecule has 0 atom stereocenters. The maximum Gasteiger partial charge on any atom is 0.247 e. The summed E-state index contributed by atoms with van der Waals surface area (Å²) in [6, 6.07) is 21.8. The molecule has 0 bridgehead atoms. The van der Waals surface area contributed by atoms with Crippen LogP contribution in [0.4, 0.5) is 17.2 Å². The number of aliphatic hydroxyl groups is 1. The van der Waals surface area contributed by atoms with Crippen LogP contribution in [0.15, 0.2) is 98.1 Å². The molecule has 0 spiro atoms. The quantitative estimate of drug-likeness (QED) is 0.173. The first-order chi connectivity index (χ1) is 20.1. The SMILES string of the molecule is C=CC(=O)Nc1cc(-c2c[nH]c3ncnc(Nc4ccc5c(cnn5Cc5ccccc5)c4)c23)ccc1OCCO. The molecule has 0 aliphatic heterocycles. The van der Waals surface area contributed by atoms with Crippen molar-refractivity contribution in [2.75, 3.05) is 23.8 Å². The second-order valence-electron chi connectivity index (χ2n) is 9.31. The van der Waals surface area contributed by atoms with Gasteiger partial charge in [-0.15, -0.1) is 0 Å². The molecule has 6 rings (SSSR count). The summed E-state index contributed by atoms with van der Waals surface area (Å²) in [6.07, 6.45) is 6.40. The van der Waals surface area contributed by atoms with Gasteiger partial charge in [0, 0.05) is 22.8 Å². The van der Waals surface area contributed by atoms with Crippen molar-refractivity contribution < 1.29 is 14.6 Å². The fourth-order valence-corrected chi connectivity index (χ4v) is 4.73. The molecule has 0 aliphatic rings. The molecule has 10 nitrogen and oxygen atoms in total. The highest BCUT2D eigenvalue weighted by Gasteiger charge is 2.16. The summed E-state index contributed by atoms with van der Waals surface area (Å²) < 4.78 is 7.60. The molecule has 0 unspecified atom stereocenters. The second-order valence-corrected chi connectivity index (χ2v) is 9.31. The molecular formula is C31H27N7O3. The first kappa shape index (κ1) is 25.8. The molecule has 0 fully saturated rings. The first-order valence-electron chi connectivity index (χ1n) is 13.0. The van der Waals surface area contributed by atoms with E-state index in [0.29, 0.717) is 29.4 Å². The van der Waals surface area contributed by atoms with Crippen LogP contribution in [0.5, 0.6) is 5.75 Å². The number of carbonyl (C=O) groups excluding carboxylic acids is 1. The molecule has 0 saturated carbocycles. The van der Waals surface area contributed by atoms with Gasteiger partial charge in [0.2, 0.25) is 5.91 Å². The van der Waals surface area contributed by atoms with Crippen LogP contribution in [0, 0.1) is 0 Å². The Labute approximate surface area is 235 Å². The van der Waals surface area contributed by atoms with E-state index in [2.05, 4.69) is 49.4 Å². The number of aromatic nitrogens is 5. The predicted molar refractivity (Wildman–Crippen MR) is 159 cm³/mol. The highest BCUT2D eigenvalue weighted by atomic mass is 16.5. The van der Waals surface area contributed by atoms with Crippen LogP contribution in [0.3, 0.4) is 0 Å². The maximum absolute atomic E-state index is 12.1. The molecule has 41 heavy (non-hydrogen) atoms. The molecule has 0 radical (unpaired) electrons. The molecule has 0 saturated heterocycles.